The number of thioether (sulfide) groups is 2. The Labute approximate surface area is 207 Å². The standard InChI is InChI=1S/C25H26N6OS2/c1-16-9-8-10-17(2)23(16)28-22(32)15-34-25-30-29-21(31(25)20-11-6-5-7-12-20)14-33-24-26-18(3)13-19(4)27-24/h5-13H,14-15H2,1-4H3,(H,28,32). The van der Waals surface area contributed by atoms with Crippen LogP contribution in [0.3, 0.4) is 0 Å². The number of benzene rings is 2. The third-order valence-electron chi connectivity index (χ3n) is 5.08. The Morgan fingerprint density at radius 2 is 1.56 bits per heavy atom. The first-order chi connectivity index (χ1) is 16.4. The van der Waals surface area contributed by atoms with Crippen LogP contribution in [-0.2, 0) is 10.5 Å². The summed E-state index contributed by atoms with van der Waals surface area (Å²) >= 11 is 2.88. The Morgan fingerprint density at radius 1 is 0.882 bits per heavy atom. The van der Waals surface area contributed by atoms with Crippen molar-refractivity contribution in [1.29, 1.82) is 0 Å². The Bertz CT molecular complexity index is 1270. The molecule has 0 aliphatic carbocycles. The minimum atomic E-state index is -0.0791. The highest BCUT2D eigenvalue weighted by atomic mass is 32.2. The number of aromatic nitrogens is 5. The van der Waals surface area contributed by atoms with Crippen LogP contribution in [0.15, 0.2) is 64.9 Å². The summed E-state index contributed by atoms with van der Waals surface area (Å²) in [5, 5.41) is 13.2. The van der Waals surface area contributed by atoms with Crippen LogP contribution in [0.2, 0.25) is 0 Å². The second-order valence-electron chi connectivity index (χ2n) is 7.90. The summed E-state index contributed by atoms with van der Waals surface area (Å²) in [5.41, 5.74) is 5.76. The summed E-state index contributed by atoms with van der Waals surface area (Å²) in [4.78, 5) is 21.7. The molecule has 1 amide bonds. The fourth-order valence-corrected chi connectivity index (χ4v) is 5.16. The van der Waals surface area contributed by atoms with E-state index in [2.05, 4.69) is 25.5 Å². The van der Waals surface area contributed by atoms with Crippen LogP contribution in [0.25, 0.3) is 5.69 Å². The fourth-order valence-electron chi connectivity index (χ4n) is 3.53. The number of anilines is 1. The molecule has 0 fully saturated rings. The van der Waals surface area contributed by atoms with Crippen LogP contribution in [-0.4, -0.2) is 36.4 Å². The molecule has 0 unspecified atom stereocenters. The predicted octanol–water partition coefficient (Wildman–Crippen LogP) is 5.31. The quantitative estimate of drug-likeness (QED) is 0.264. The van der Waals surface area contributed by atoms with Crippen LogP contribution >= 0.6 is 23.5 Å². The van der Waals surface area contributed by atoms with E-state index in [1.165, 1.54) is 23.5 Å². The van der Waals surface area contributed by atoms with Crippen molar-refractivity contribution >= 4 is 35.1 Å². The zero-order valence-corrected chi connectivity index (χ0v) is 21.2. The fraction of sp³-hybridized carbons (Fsp3) is 0.240. The number of hydrogen-bond acceptors (Lipinski definition) is 7. The van der Waals surface area contributed by atoms with Gasteiger partial charge in [-0.05, 0) is 57.0 Å². The number of hydrogen-bond donors (Lipinski definition) is 1. The van der Waals surface area contributed by atoms with Crippen LogP contribution in [0.1, 0.15) is 28.3 Å². The first-order valence-corrected chi connectivity index (χ1v) is 12.8. The Kier molecular flexibility index (Phi) is 7.64. The van der Waals surface area contributed by atoms with Crippen LogP contribution in [0, 0.1) is 27.7 Å². The topological polar surface area (TPSA) is 85.6 Å². The van der Waals surface area contributed by atoms with Gasteiger partial charge in [-0.3, -0.25) is 9.36 Å². The predicted molar refractivity (Wildman–Crippen MR) is 138 cm³/mol. The zero-order chi connectivity index (χ0) is 24.1. The van der Waals surface area contributed by atoms with E-state index in [1.807, 2.05) is 86.9 Å². The van der Waals surface area contributed by atoms with Crippen molar-refractivity contribution < 1.29 is 4.79 Å². The largest absolute Gasteiger partial charge is 0.325 e. The van der Waals surface area contributed by atoms with Crippen LogP contribution in [0.5, 0.6) is 0 Å². The number of nitrogens with one attached hydrogen (secondary N) is 1. The molecule has 0 aliphatic heterocycles. The second kappa shape index (κ2) is 10.8. The third kappa shape index (κ3) is 5.84. The Morgan fingerprint density at radius 3 is 2.24 bits per heavy atom. The summed E-state index contributed by atoms with van der Waals surface area (Å²) in [7, 11) is 0. The summed E-state index contributed by atoms with van der Waals surface area (Å²) in [6, 6.07) is 17.8. The van der Waals surface area contributed by atoms with Gasteiger partial charge in [0.15, 0.2) is 10.3 Å². The highest BCUT2D eigenvalue weighted by Crippen LogP contribution is 2.27. The molecule has 174 valence electrons. The van der Waals surface area contributed by atoms with E-state index in [4.69, 9.17) is 0 Å². The Hall–Kier alpha value is -3.17. The molecule has 7 nitrogen and oxygen atoms in total. The number of para-hydroxylation sites is 2. The monoisotopic (exact) mass is 490 g/mol. The van der Waals surface area contributed by atoms with E-state index in [0.29, 0.717) is 16.1 Å². The average molecular weight is 491 g/mol. The maximum Gasteiger partial charge on any atom is 0.234 e. The molecule has 0 bridgehead atoms. The number of carbonyl (C=O) groups is 1. The highest BCUT2D eigenvalue weighted by molar-refractivity contribution is 7.99. The van der Waals surface area contributed by atoms with Crippen molar-refractivity contribution in [3.05, 3.63) is 82.9 Å². The number of carbonyl (C=O) groups excluding carboxylic acids is 1. The minimum absolute atomic E-state index is 0.0791. The van der Waals surface area contributed by atoms with E-state index in [9.17, 15) is 4.79 Å². The third-order valence-corrected chi connectivity index (χ3v) is 6.86. The minimum Gasteiger partial charge on any atom is -0.325 e. The average Bonchev–Trinajstić information content (AvgIpc) is 3.21. The lowest BCUT2D eigenvalue weighted by atomic mass is 10.1. The van der Waals surface area contributed by atoms with Gasteiger partial charge < -0.3 is 5.32 Å². The molecule has 4 rings (SSSR count). The van der Waals surface area contributed by atoms with Crippen molar-refractivity contribution in [2.75, 3.05) is 11.1 Å². The molecule has 0 spiro atoms. The molecule has 2 aromatic carbocycles. The summed E-state index contributed by atoms with van der Waals surface area (Å²) in [6.45, 7) is 7.91. The van der Waals surface area contributed by atoms with Gasteiger partial charge >= 0.3 is 0 Å². The van der Waals surface area contributed by atoms with Crippen molar-refractivity contribution in [1.82, 2.24) is 24.7 Å². The van der Waals surface area contributed by atoms with Gasteiger partial charge in [0.2, 0.25) is 5.91 Å². The second-order valence-corrected chi connectivity index (χ2v) is 9.78. The smallest absolute Gasteiger partial charge is 0.234 e. The van der Waals surface area contributed by atoms with E-state index in [1.54, 1.807) is 0 Å². The maximum absolute atomic E-state index is 12.7. The van der Waals surface area contributed by atoms with Gasteiger partial charge in [0.1, 0.15) is 5.82 Å². The number of aryl methyl sites for hydroxylation is 4. The van der Waals surface area contributed by atoms with Gasteiger partial charge in [0.25, 0.3) is 0 Å². The molecule has 4 aromatic rings. The normalized spacial score (nSPS) is 10.9. The van der Waals surface area contributed by atoms with Gasteiger partial charge in [-0.15, -0.1) is 10.2 Å². The molecule has 0 atom stereocenters. The lowest BCUT2D eigenvalue weighted by Gasteiger charge is -2.12. The van der Waals surface area contributed by atoms with Gasteiger partial charge in [0.05, 0.1) is 11.5 Å². The molecule has 0 saturated carbocycles. The molecular weight excluding hydrogens is 464 g/mol. The number of nitrogens with zero attached hydrogens (tertiary/aromatic N) is 5. The van der Waals surface area contributed by atoms with E-state index >= 15 is 0 Å². The maximum atomic E-state index is 12.7. The first kappa shape index (κ1) is 24.0. The molecule has 0 saturated heterocycles. The van der Waals surface area contributed by atoms with Crippen LogP contribution in [0.4, 0.5) is 5.69 Å². The van der Waals surface area contributed by atoms with E-state index in [-0.39, 0.29) is 11.7 Å². The number of rotatable bonds is 8. The van der Waals surface area contributed by atoms with Crippen LogP contribution < -0.4 is 5.32 Å². The van der Waals surface area contributed by atoms with Gasteiger partial charge in [-0.25, -0.2) is 9.97 Å². The summed E-state index contributed by atoms with van der Waals surface area (Å²) in [6.07, 6.45) is 0. The molecule has 2 aromatic heterocycles. The Balaban J connectivity index is 1.52. The lowest BCUT2D eigenvalue weighted by molar-refractivity contribution is -0.113. The first-order valence-electron chi connectivity index (χ1n) is 10.8. The highest BCUT2D eigenvalue weighted by Gasteiger charge is 2.17. The summed E-state index contributed by atoms with van der Waals surface area (Å²) in [5.74, 6) is 1.48. The van der Waals surface area contributed by atoms with Crippen molar-refractivity contribution in [2.45, 2.75) is 43.8 Å². The van der Waals surface area contributed by atoms with Crippen molar-refractivity contribution in [2.24, 2.45) is 0 Å². The molecule has 1 N–H and O–H groups in total. The molecule has 34 heavy (non-hydrogen) atoms. The number of amides is 1. The van der Waals surface area contributed by atoms with Crippen molar-refractivity contribution in [3.63, 3.8) is 0 Å². The molecule has 9 heteroatoms. The molecule has 0 radical (unpaired) electrons. The van der Waals surface area contributed by atoms with E-state index in [0.717, 1.165) is 39.7 Å². The molecule has 2 heterocycles. The van der Waals surface area contributed by atoms with Gasteiger partial charge in [0, 0.05) is 22.8 Å². The lowest BCUT2D eigenvalue weighted by Crippen LogP contribution is -2.16. The van der Waals surface area contributed by atoms with E-state index < -0.39 is 0 Å². The van der Waals surface area contributed by atoms with Gasteiger partial charge in [-0.1, -0.05) is 59.9 Å². The SMILES string of the molecule is Cc1cc(C)nc(SCc2nnc(SCC(=O)Nc3c(C)cccc3C)n2-c2ccccc2)n1. The summed E-state index contributed by atoms with van der Waals surface area (Å²) < 4.78 is 1.99. The van der Waals surface area contributed by atoms with Crippen molar-refractivity contribution in [3.8, 4) is 5.69 Å². The zero-order valence-electron chi connectivity index (χ0n) is 19.6. The molecular formula is C25H26N6OS2. The molecule has 0 aliphatic rings. The van der Waals surface area contributed by atoms with Gasteiger partial charge in [-0.2, -0.15) is 0 Å².